The highest BCUT2D eigenvalue weighted by atomic mass is 15.4. The van der Waals surface area contributed by atoms with Crippen molar-refractivity contribution < 1.29 is 0 Å². The molecular formula is C14H23N5. The lowest BCUT2D eigenvalue weighted by Crippen LogP contribution is -2.24. The lowest BCUT2D eigenvalue weighted by molar-refractivity contribution is 0.357. The Bertz CT molecular complexity index is 571. The molecule has 0 aliphatic heterocycles. The minimum Gasteiger partial charge on any atom is -0.282 e. The van der Waals surface area contributed by atoms with Crippen LogP contribution in [0.2, 0.25) is 0 Å². The van der Waals surface area contributed by atoms with Gasteiger partial charge in [0.05, 0.1) is 5.54 Å². The van der Waals surface area contributed by atoms with E-state index in [9.17, 15) is 0 Å². The highest BCUT2D eigenvalue weighted by Gasteiger charge is 2.24. The molecule has 0 radical (unpaired) electrons. The Labute approximate surface area is 114 Å². The molecule has 104 valence electrons. The summed E-state index contributed by atoms with van der Waals surface area (Å²) < 4.78 is 1.98. The smallest absolute Gasteiger partial charge is 0.179 e. The van der Waals surface area contributed by atoms with Crippen molar-refractivity contribution >= 4 is 0 Å². The van der Waals surface area contributed by atoms with E-state index in [0.717, 1.165) is 35.9 Å². The molecule has 19 heavy (non-hydrogen) atoms. The normalized spacial score (nSPS) is 12.1. The van der Waals surface area contributed by atoms with E-state index in [2.05, 4.69) is 61.8 Å². The maximum Gasteiger partial charge on any atom is 0.179 e. The fourth-order valence-corrected chi connectivity index (χ4v) is 2.12. The number of nitrogens with one attached hydrogen (secondary N) is 1. The SMILES string of the molecule is CCc1nc(-c2n[nH]c(CC)c2C)n(C(C)(C)C)n1. The van der Waals surface area contributed by atoms with Crippen molar-refractivity contribution in [2.45, 2.75) is 59.9 Å². The number of aromatic amines is 1. The van der Waals surface area contributed by atoms with Crippen LogP contribution in [0.3, 0.4) is 0 Å². The predicted molar refractivity (Wildman–Crippen MR) is 76.1 cm³/mol. The summed E-state index contributed by atoms with van der Waals surface area (Å²) in [5.74, 6) is 1.73. The van der Waals surface area contributed by atoms with Gasteiger partial charge in [0.1, 0.15) is 5.69 Å². The third-order valence-corrected chi connectivity index (χ3v) is 3.28. The summed E-state index contributed by atoms with van der Waals surface area (Å²) in [5, 5.41) is 12.1. The molecule has 0 fully saturated rings. The van der Waals surface area contributed by atoms with Crippen LogP contribution in [-0.4, -0.2) is 25.0 Å². The minimum atomic E-state index is -0.104. The second-order valence-corrected chi connectivity index (χ2v) is 5.82. The highest BCUT2D eigenvalue weighted by Crippen LogP contribution is 2.26. The number of nitrogens with zero attached hydrogens (tertiary/aromatic N) is 4. The van der Waals surface area contributed by atoms with Crippen LogP contribution < -0.4 is 0 Å². The molecule has 0 aliphatic rings. The van der Waals surface area contributed by atoms with Gasteiger partial charge in [-0.2, -0.15) is 10.2 Å². The van der Waals surface area contributed by atoms with Crippen LogP contribution >= 0.6 is 0 Å². The molecule has 0 aromatic carbocycles. The Balaban J connectivity index is 2.60. The first kappa shape index (κ1) is 13.8. The van der Waals surface area contributed by atoms with Gasteiger partial charge in [-0.3, -0.25) is 5.10 Å². The second-order valence-electron chi connectivity index (χ2n) is 5.82. The molecule has 0 atom stereocenters. The van der Waals surface area contributed by atoms with Crippen LogP contribution in [0.25, 0.3) is 11.5 Å². The molecule has 2 heterocycles. The number of aryl methyl sites for hydroxylation is 2. The van der Waals surface area contributed by atoms with Crippen molar-refractivity contribution in [1.29, 1.82) is 0 Å². The molecule has 0 bridgehead atoms. The average Bonchev–Trinajstić information content (AvgIpc) is 2.91. The van der Waals surface area contributed by atoms with Crippen molar-refractivity contribution in [1.82, 2.24) is 25.0 Å². The number of hydrogen-bond donors (Lipinski definition) is 1. The molecule has 5 heteroatoms. The Morgan fingerprint density at radius 1 is 1.16 bits per heavy atom. The van der Waals surface area contributed by atoms with Gasteiger partial charge in [-0.25, -0.2) is 9.67 Å². The Hall–Kier alpha value is -1.65. The molecule has 2 aromatic heterocycles. The third-order valence-electron chi connectivity index (χ3n) is 3.28. The first-order valence-corrected chi connectivity index (χ1v) is 6.89. The van der Waals surface area contributed by atoms with Gasteiger partial charge in [-0.05, 0) is 34.1 Å². The lowest BCUT2D eigenvalue weighted by atomic mass is 10.1. The monoisotopic (exact) mass is 261 g/mol. The standard InChI is InChI=1S/C14H23N5/c1-7-10-9(3)12(17-16-10)13-15-11(8-2)18-19(13)14(4,5)6/h7-8H2,1-6H3,(H,16,17). The number of aromatic nitrogens is 5. The fraction of sp³-hybridized carbons (Fsp3) is 0.643. The molecule has 0 aliphatic carbocycles. The van der Waals surface area contributed by atoms with Gasteiger partial charge in [0.2, 0.25) is 0 Å². The molecule has 0 spiro atoms. The summed E-state index contributed by atoms with van der Waals surface area (Å²) in [6, 6.07) is 0. The molecule has 0 saturated carbocycles. The summed E-state index contributed by atoms with van der Waals surface area (Å²) in [5.41, 5.74) is 3.14. The highest BCUT2D eigenvalue weighted by molar-refractivity contribution is 5.56. The van der Waals surface area contributed by atoms with Gasteiger partial charge in [-0.15, -0.1) is 0 Å². The molecule has 5 nitrogen and oxygen atoms in total. The van der Waals surface area contributed by atoms with E-state index in [4.69, 9.17) is 0 Å². The average molecular weight is 261 g/mol. The zero-order valence-electron chi connectivity index (χ0n) is 12.7. The Morgan fingerprint density at radius 2 is 1.84 bits per heavy atom. The largest absolute Gasteiger partial charge is 0.282 e. The topological polar surface area (TPSA) is 59.4 Å². The van der Waals surface area contributed by atoms with E-state index in [-0.39, 0.29) is 5.54 Å². The molecular weight excluding hydrogens is 238 g/mol. The first-order valence-electron chi connectivity index (χ1n) is 6.89. The summed E-state index contributed by atoms with van der Waals surface area (Å²) in [6.45, 7) is 12.7. The third kappa shape index (κ3) is 2.41. The zero-order chi connectivity index (χ0) is 14.2. The van der Waals surface area contributed by atoms with E-state index in [0.29, 0.717) is 0 Å². The van der Waals surface area contributed by atoms with E-state index in [1.54, 1.807) is 0 Å². The van der Waals surface area contributed by atoms with Crippen molar-refractivity contribution in [3.63, 3.8) is 0 Å². The van der Waals surface area contributed by atoms with E-state index >= 15 is 0 Å². The molecule has 0 amide bonds. The molecule has 0 unspecified atom stereocenters. The van der Waals surface area contributed by atoms with Crippen molar-refractivity contribution in [2.75, 3.05) is 0 Å². The van der Waals surface area contributed by atoms with Crippen LogP contribution in [-0.2, 0) is 18.4 Å². The number of H-pyrrole nitrogens is 1. The summed E-state index contributed by atoms with van der Waals surface area (Å²) in [7, 11) is 0. The minimum absolute atomic E-state index is 0.104. The van der Waals surface area contributed by atoms with E-state index < -0.39 is 0 Å². The predicted octanol–water partition coefficient (Wildman–Crippen LogP) is 2.86. The Kier molecular flexibility index (Phi) is 3.47. The molecule has 0 saturated heterocycles. The molecule has 1 N–H and O–H groups in total. The van der Waals surface area contributed by atoms with Gasteiger partial charge in [0.15, 0.2) is 11.6 Å². The fourth-order valence-electron chi connectivity index (χ4n) is 2.12. The second kappa shape index (κ2) is 4.79. The maximum atomic E-state index is 4.64. The van der Waals surface area contributed by atoms with Crippen LogP contribution in [0.5, 0.6) is 0 Å². The summed E-state index contributed by atoms with van der Waals surface area (Å²) >= 11 is 0. The summed E-state index contributed by atoms with van der Waals surface area (Å²) in [6.07, 6.45) is 1.78. The van der Waals surface area contributed by atoms with Gasteiger partial charge < -0.3 is 0 Å². The van der Waals surface area contributed by atoms with Gasteiger partial charge in [-0.1, -0.05) is 13.8 Å². The first-order chi connectivity index (χ1) is 8.88. The Morgan fingerprint density at radius 3 is 2.32 bits per heavy atom. The van der Waals surface area contributed by atoms with Crippen LogP contribution in [0, 0.1) is 6.92 Å². The quantitative estimate of drug-likeness (QED) is 0.924. The van der Waals surface area contributed by atoms with Crippen LogP contribution in [0.1, 0.15) is 51.7 Å². The molecule has 2 rings (SSSR count). The zero-order valence-corrected chi connectivity index (χ0v) is 12.7. The van der Waals surface area contributed by atoms with Crippen molar-refractivity contribution in [3.05, 3.63) is 17.1 Å². The van der Waals surface area contributed by atoms with Crippen molar-refractivity contribution in [3.8, 4) is 11.5 Å². The number of rotatable bonds is 3. The van der Waals surface area contributed by atoms with E-state index in [1.807, 2.05) is 4.68 Å². The van der Waals surface area contributed by atoms with Gasteiger partial charge >= 0.3 is 0 Å². The van der Waals surface area contributed by atoms with Crippen molar-refractivity contribution in [2.24, 2.45) is 0 Å². The van der Waals surface area contributed by atoms with Crippen LogP contribution in [0.4, 0.5) is 0 Å². The van der Waals surface area contributed by atoms with Gasteiger partial charge in [0.25, 0.3) is 0 Å². The van der Waals surface area contributed by atoms with Crippen LogP contribution in [0.15, 0.2) is 0 Å². The maximum absolute atomic E-state index is 4.64. The van der Waals surface area contributed by atoms with Gasteiger partial charge in [0, 0.05) is 17.7 Å². The number of hydrogen-bond acceptors (Lipinski definition) is 3. The summed E-state index contributed by atoms with van der Waals surface area (Å²) in [4.78, 5) is 4.64. The van der Waals surface area contributed by atoms with E-state index in [1.165, 1.54) is 5.56 Å². The lowest BCUT2D eigenvalue weighted by Gasteiger charge is -2.20. The molecule has 2 aromatic rings.